The number of nitrogens with one attached hydrogen (secondary N) is 1. The summed E-state index contributed by atoms with van der Waals surface area (Å²) in [7, 11) is -4.01. The molecule has 0 saturated heterocycles. The smallest absolute Gasteiger partial charge is 0.344 e. The van der Waals surface area contributed by atoms with Crippen LogP contribution in [0.25, 0.3) is 21.7 Å². The van der Waals surface area contributed by atoms with E-state index in [0.29, 0.717) is 10.8 Å². The summed E-state index contributed by atoms with van der Waals surface area (Å²) in [6.45, 7) is 1.86. The third-order valence-electron chi connectivity index (χ3n) is 6.01. The standard InChI is InChI=1S/C29H23NO6S/c1-19-11-14-22(15-12-19)37(33,34)30-26(17-20-7-3-2-4-8-20)29(32)35-21-13-16-24-23-9-5-6-10-25(23)28(31)36-27(24)18-21/h2-16,18,26,30H,17H2,1H3/t26-/m0/s1. The lowest BCUT2D eigenvalue weighted by atomic mass is 10.1. The normalized spacial score (nSPS) is 12.5. The first-order valence-corrected chi connectivity index (χ1v) is 13.1. The highest BCUT2D eigenvalue weighted by Gasteiger charge is 2.28. The van der Waals surface area contributed by atoms with E-state index in [-0.39, 0.29) is 22.6 Å². The van der Waals surface area contributed by atoms with Gasteiger partial charge in [-0.05, 0) is 54.6 Å². The molecule has 0 bridgehead atoms. The number of sulfonamides is 1. The van der Waals surface area contributed by atoms with E-state index in [9.17, 15) is 18.0 Å². The van der Waals surface area contributed by atoms with E-state index in [4.69, 9.17) is 9.15 Å². The maximum atomic E-state index is 13.3. The molecule has 5 rings (SSSR count). The van der Waals surface area contributed by atoms with Crippen LogP contribution in [0.5, 0.6) is 5.75 Å². The fraction of sp³-hybridized carbons (Fsp3) is 0.103. The van der Waals surface area contributed by atoms with Crippen molar-refractivity contribution in [2.45, 2.75) is 24.3 Å². The predicted octanol–water partition coefficient (Wildman–Crippen LogP) is 4.75. The second kappa shape index (κ2) is 10.0. The summed E-state index contributed by atoms with van der Waals surface area (Å²) < 4.78 is 39.7. The molecule has 0 aliphatic heterocycles. The van der Waals surface area contributed by atoms with Crippen molar-refractivity contribution in [3.63, 3.8) is 0 Å². The Bertz CT molecular complexity index is 1760. The van der Waals surface area contributed by atoms with Crippen molar-refractivity contribution >= 4 is 37.7 Å². The molecule has 0 aliphatic carbocycles. The molecule has 0 unspecified atom stereocenters. The Labute approximate surface area is 213 Å². The van der Waals surface area contributed by atoms with E-state index < -0.39 is 27.7 Å². The van der Waals surface area contributed by atoms with Crippen LogP contribution in [0.2, 0.25) is 0 Å². The Hall–Kier alpha value is -4.27. The molecule has 0 fully saturated rings. The molecule has 0 aliphatic rings. The maximum Gasteiger partial charge on any atom is 0.344 e. The average Bonchev–Trinajstić information content (AvgIpc) is 2.89. The summed E-state index contributed by atoms with van der Waals surface area (Å²) in [6, 6.07) is 26.0. The van der Waals surface area contributed by atoms with Crippen molar-refractivity contribution in [2.75, 3.05) is 0 Å². The van der Waals surface area contributed by atoms with Crippen LogP contribution in [-0.2, 0) is 21.2 Å². The second-order valence-electron chi connectivity index (χ2n) is 8.69. The molecule has 0 radical (unpaired) electrons. The third kappa shape index (κ3) is 5.30. The van der Waals surface area contributed by atoms with Gasteiger partial charge in [-0.3, -0.25) is 0 Å². The van der Waals surface area contributed by atoms with Gasteiger partial charge >= 0.3 is 11.6 Å². The molecule has 7 nitrogen and oxygen atoms in total. The number of hydrogen-bond donors (Lipinski definition) is 1. The minimum atomic E-state index is -4.01. The molecular formula is C29H23NO6S. The number of esters is 1. The van der Waals surface area contributed by atoms with Crippen molar-refractivity contribution in [2.24, 2.45) is 0 Å². The van der Waals surface area contributed by atoms with Gasteiger partial charge in [-0.1, -0.05) is 66.2 Å². The van der Waals surface area contributed by atoms with Gasteiger partial charge in [0.05, 0.1) is 10.3 Å². The van der Waals surface area contributed by atoms with Crippen LogP contribution in [0, 0.1) is 6.92 Å². The molecule has 8 heteroatoms. The fourth-order valence-electron chi connectivity index (χ4n) is 4.11. The van der Waals surface area contributed by atoms with Crippen molar-refractivity contribution in [1.82, 2.24) is 4.72 Å². The highest BCUT2D eigenvalue weighted by atomic mass is 32.2. The van der Waals surface area contributed by atoms with E-state index in [0.717, 1.165) is 16.5 Å². The van der Waals surface area contributed by atoms with E-state index in [1.165, 1.54) is 18.2 Å². The van der Waals surface area contributed by atoms with Gasteiger partial charge in [0.2, 0.25) is 10.0 Å². The first-order chi connectivity index (χ1) is 17.8. The Morgan fingerprint density at radius 1 is 0.865 bits per heavy atom. The van der Waals surface area contributed by atoms with Crippen molar-refractivity contribution in [3.05, 3.63) is 119 Å². The van der Waals surface area contributed by atoms with Crippen LogP contribution < -0.4 is 15.1 Å². The van der Waals surface area contributed by atoms with Crippen LogP contribution in [0.15, 0.2) is 111 Å². The molecule has 1 aromatic heterocycles. The number of benzene rings is 4. The van der Waals surface area contributed by atoms with Gasteiger partial charge in [-0.2, -0.15) is 4.72 Å². The second-order valence-corrected chi connectivity index (χ2v) is 10.4. The number of rotatable bonds is 7. The molecule has 4 aromatic carbocycles. The predicted molar refractivity (Wildman–Crippen MR) is 141 cm³/mol. The van der Waals surface area contributed by atoms with E-state index in [1.54, 1.807) is 48.5 Å². The van der Waals surface area contributed by atoms with Gasteiger partial charge in [0, 0.05) is 11.5 Å². The van der Waals surface area contributed by atoms with Crippen LogP contribution in [0.3, 0.4) is 0 Å². The number of hydrogen-bond acceptors (Lipinski definition) is 6. The van der Waals surface area contributed by atoms with E-state index in [1.807, 2.05) is 37.3 Å². The number of fused-ring (bicyclic) bond motifs is 3. The van der Waals surface area contributed by atoms with Crippen LogP contribution in [-0.4, -0.2) is 20.4 Å². The molecular weight excluding hydrogens is 490 g/mol. The molecule has 0 saturated carbocycles. The third-order valence-corrected chi connectivity index (χ3v) is 7.49. The lowest BCUT2D eigenvalue weighted by Gasteiger charge is -2.18. The zero-order valence-corrected chi connectivity index (χ0v) is 20.7. The monoisotopic (exact) mass is 513 g/mol. The van der Waals surface area contributed by atoms with Gasteiger partial charge in [0.15, 0.2) is 0 Å². The number of carbonyl (C=O) groups is 1. The lowest BCUT2D eigenvalue weighted by molar-refractivity contribution is -0.136. The highest BCUT2D eigenvalue weighted by Crippen LogP contribution is 2.26. The largest absolute Gasteiger partial charge is 0.425 e. The highest BCUT2D eigenvalue weighted by molar-refractivity contribution is 7.89. The Balaban J connectivity index is 1.46. The molecule has 1 atom stereocenters. The summed E-state index contributed by atoms with van der Waals surface area (Å²) in [5.74, 6) is -0.662. The zero-order chi connectivity index (χ0) is 26.0. The maximum absolute atomic E-state index is 13.3. The van der Waals surface area contributed by atoms with Gasteiger partial charge < -0.3 is 9.15 Å². The van der Waals surface area contributed by atoms with Crippen LogP contribution >= 0.6 is 0 Å². The summed E-state index contributed by atoms with van der Waals surface area (Å²) in [4.78, 5) is 25.7. The Kier molecular flexibility index (Phi) is 6.60. The molecule has 1 N–H and O–H groups in total. The zero-order valence-electron chi connectivity index (χ0n) is 19.9. The topological polar surface area (TPSA) is 103 Å². The summed E-state index contributed by atoms with van der Waals surface area (Å²) in [5.41, 5.74) is 1.43. The minimum absolute atomic E-state index is 0.0447. The molecule has 37 heavy (non-hydrogen) atoms. The van der Waals surface area contributed by atoms with Crippen molar-refractivity contribution in [3.8, 4) is 5.75 Å². The average molecular weight is 514 g/mol. The first kappa shape index (κ1) is 24.4. The van der Waals surface area contributed by atoms with Crippen molar-refractivity contribution < 1.29 is 22.4 Å². The Morgan fingerprint density at radius 2 is 1.54 bits per heavy atom. The molecule has 1 heterocycles. The molecule has 186 valence electrons. The summed E-state index contributed by atoms with van der Waals surface area (Å²) >= 11 is 0. The van der Waals surface area contributed by atoms with Crippen LogP contribution in [0.1, 0.15) is 11.1 Å². The quantitative estimate of drug-likeness (QED) is 0.146. The summed E-state index contributed by atoms with van der Waals surface area (Å²) in [5, 5.41) is 1.86. The van der Waals surface area contributed by atoms with Gasteiger partial charge in [-0.15, -0.1) is 0 Å². The fourth-order valence-corrected chi connectivity index (χ4v) is 5.29. The van der Waals surface area contributed by atoms with E-state index in [2.05, 4.69) is 4.72 Å². The first-order valence-electron chi connectivity index (χ1n) is 11.6. The van der Waals surface area contributed by atoms with Gasteiger partial charge in [-0.25, -0.2) is 18.0 Å². The number of aryl methyl sites for hydroxylation is 1. The number of carbonyl (C=O) groups excluding carboxylic acids is 1. The van der Waals surface area contributed by atoms with E-state index >= 15 is 0 Å². The van der Waals surface area contributed by atoms with Crippen LogP contribution in [0.4, 0.5) is 0 Å². The molecule has 0 spiro atoms. The number of ether oxygens (including phenoxy) is 1. The minimum Gasteiger partial charge on any atom is -0.425 e. The molecule has 0 amide bonds. The Morgan fingerprint density at radius 3 is 2.27 bits per heavy atom. The lowest BCUT2D eigenvalue weighted by Crippen LogP contribution is -2.44. The SMILES string of the molecule is Cc1ccc(S(=O)(=O)N[C@@H](Cc2ccccc2)C(=O)Oc2ccc3c(c2)oc(=O)c2ccccc23)cc1. The summed E-state index contributed by atoms with van der Waals surface area (Å²) in [6.07, 6.45) is 0.0814. The molecule has 5 aromatic rings. The van der Waals surface area contributed by atoms with Gasteiger partial charge in [0.1, 0.15) is 17.4 Å². The van der Waals surface area contributed by atoms with Gasteiger partial charge in [0.25, 0.3) is 0 Å². The van der Waals surface area contributed by atoms with Crippen molar-refractivity contribution in [1.29, 1.82) is 0 Å².